The lowest BCUT2D eigenvalue weighted by atomic mass is 10.1. The number of halogens is 3. The van der Waals surface area contributed by atoms with E-state index >= 15 is 0 Å². The van der Waals surface area contributed by atoms with Gasteiger partial charge in [-0.2, -0.15) is 22.7 Å². The molecule has 0 bridgehead atoms. The van der Waals surface area contributed by atoms with Gasteiger partial charge in [-0.05, 0) is 53.6 Å². The van der Waals surface area contributed by atoms with Crippen LogP contribution in [0.4, 0.5) is 13.2 Å². The number of ether oxygens (including phenoxy) is 2. The van der Waals surface area contributed by atoms with Gasteiger partial charge in [0.1, 0.15) is 5.75 Å². The Bertz CT molecular complexity index is 1410. The third-order valence-corrected chi connectivity index (χ3v) is 8.45. The smallest absolute Gasteiger partial charge is 0.416 e. The summed E-state index contributed by atoms with van der Waals surface area (Å²) in [5.41, 5.74) is 1.35. The molecule has 206 valence electrons. The summed E-state index contributed by atoms with van der Waals surface area (Å²) in [6.07, 6.45) is -4.99. The highest BCUT2D eigenvalue weighted by molar-refractivity contribution is 7.89. The molecule has 0 amide bonds. The van der Waals surface area contributed by atoms with Crippen molar-refractivity contribution in [1.29, 1.82) is 5.26 Å². The molecule has 0 spiro atoms. The number of piperazine rings is 1. The molecule has 1 heterocycles. The molecule has 1 fully saturated rings. The summed E-state index contributed by atoms with van der Waals surface area (Å²) < 4.78 is 78.4. The fraction of sp³-hybridized carbons (Fsp3) is 0.321. The molecule has 0 aliphatic carbocycles. The van der Waals surface area contributed by atoms with Crippen molar-refractivity contribution in [3.05, 3.63) is 95.1 Å². The third-order valence-electron chi connectivity index (χ3n) is 6.55. The highest BCUT2D eigenvalue weighted by Crippen LogP contribution is 2.31. The van der Waals surface area contributed by atoms with E-state index in [1.54, 1.807) is 19.2 Å². The van der Waals surface area contributed by atoms with Crippen LogP contribution in [0.15, 0.2) is 77.7 Å². The Kier molecular flexibility index (Phi) is 8.92. The number of hydrogen-bond donors (Lipinski definition) is 0. The van der Waals surface area contributed by atoms with Crippen molar-refractivity contribution < 1.29 is 31.1 Å². The first kappa shape index (κ1) is 28.6. The second kappa shape index (κ2) is 12.2. The first-order chi connectivity index (χ1) is 18.6. The van der Waals surface area contributed by atoms with Crippen molar-refractivity contribution >= 4 is 10.0 Å². The number of methoxy groups -OCH3 is 1. The van der Waals surface area contributed by atoms with Crippen LogP contribution in [0.5, 0.6) is 5.75 Å². The van der Waals surface area contributed by atoms with E-state index in [2.05, 4.69) is 11.0 Å². The number of benzene rings is 3. The van der Waals surface area contributed by atoms with E-state index in [4.69, 9.17) is 14.7 Å². The molecular formula is C28H28F3N3O4S. The molecule has 3 aromatic carbocycles. The summed E-state index contributed by atoms with van der Waals surface area (Å²) in [5.74, 6) is 0.677. The van der Waals surface area contributed by atoms with Gasteiger partial charge in [-0.1, -0.05) is 30.3 Å². The Balaban J connectivity index is 1.44. The van der Waals surface area contributed by atoms with E-state index < -0.39 is 21.8 Å². The molecule has 11 heteroatoms. The lowest BCUT2D eigenvalue weighted by Crippen LogP contribution is -2.49. The largest absolute Gasteiger partial charge is 0.497 e. The van der Waals surface area contributed by atoms with E-state index in [-0.39, 0.29) is 24.1 Å². The molecule has 0 aromatic heterocycles. The summed E-state index contributed by atoms with van der Waals surface area (Å²) >= 11 is 0. The van der Waals surface area contributed by atoms with Crippen molar-refractivity contribution in [3.8, 4) is 11.8 Å². The van der Waals surface area contributed by atoms with Gasteiger partial charge in [0.15, 0.2) is 0 Å². The van der Waals surface area contributed by atoms with Crippen LogP contribution >= 0.6 is 0 Å². The highest BCUT2D eigenvalue weighted by Gasteiger charge is 2.34. The Morgan fingerprint density at radius 2 is 1.67 bits per heavy atom. The zero-order chi connectivity index (χ0) is 28.0. The maximum Gasteiger partial charge on any atom is 0.416 e. The van der Waals surface area contributed by atoms with Gasteiger partial charge in [0.2, 0.25) is 10.0 Å². The zero-order valence-corrected chi connectivity index (χ0v) is 22.1. The maximum absolute atomic E-state index is 13.1. The maximum atomic E-state index is 13.1. The molecule has 0 N–H and O–H groups in total. The first-order valence-corrected chi connectivity index (χ1v) is 13.7. The average Bonchev–Trinajstić information content (AvgIpc) is 2.95. The van der Waals surface area contributed by atoms with Crippen LogP contribution in [0.2, 0.25) is 0 Å². The fourth-order valence-corrected chi connectivity index (χ4v) is 5.81. The van der Waals surface area contributed by atoms with Crippen LogP contribution in [0.3, 0.4) is 0 Å². The van der Waals surface area contributed by atoms with E-state index in [1.807, 2.05) is 36.4 Å². The van der Waals surface area contributed by atoms with Gasteiger partial charge in [-0.3, -0.25) is 4.90 Å². The molecule has 0 unspecified atom stereocenters. The summed E-state index contributed by atoms with van der Waals surface area (Å²) in [7, 11) is -2.49. The topological polar surface area (TPSA) is 82.9 Å². The lowest BCUT2D eigenvalue weighted by Gasteiger charge is -2.36. The monoisotopic (exact) mass is 559 g/mol. The Labute approximate surface area is 226 Å². The van der Waals surface area contributed by atoms with E-state index in [1.165, 1.54) is 10.4 Å². The molecular weight excluding hydrogens is 531 g/mol. The molecule has 4 rings (SSSR count). The van der Waals surface area contributed by atoms with Crippen LogP contribution in [0.25, 0.3) is 0 Å². The second-order valence-corrected chi connectivity index (χ2v) is 11.1. The standard InChI is InChI=1S/C28H28F3N3O4S/c1-37-25-6-2-4-23(16-25)27(38-20-22-10-8-21(18-32)9-11-22)19-33-12-14-34(15-13-33)39(35,36)26-7-3-5-24(17-26)28(29,30)31/h2-11,16-17,27H,12-15,19-20H2,1H3/t27-/m0/s1. The quantitative estimate of drug-likeness (QED) is 0.373. The Morgan fingerprint density at radius 1 is 0.974 bits per heavy atom. The lowest BCUT2D eigenvalue weighted by molar-refractivity contribution is -0.137. The van der Waals surface area contributed by atoms with Crippen molar-refractivity contribution in [2.24, 2.45) is 0 Å². The van der Waals surface area contributed by atoms with Crippen molar-refractivity contribution in [3.63, 3.8) is 0 Å². The minimum Gasteiger partial charge on any atom is -0.497 e. The van der Waals surface area contributed by atoms with Crippen LogP contribution in [0, 0.1) is 11.3 Å². The van der Waals surface area contributed by atoms with Gasteiger partial charge in [0.05, 0.1) is 41.9 Å². The minimum atomic E-state index is -4.63. The number of alkyl halides is 3. The molecule has 1 saturated heterocycles. The third kappa shape index (κ3) is 7.16. The summed E-state index contributed by atoms with van der Waals surface area (Å²) in [5, 5.41) is 9.02. The summed E-state index contributed by atoms with van der Waals surface area (Å²) in [6, 6.07) is 20.5. The van der Waals surface area contributed by atoms with Crippen molar-refractivity contribution in [2.75, 3.05) is 39.8 Å². The van der Waals surface area contributed by atoms with Crippen LogP contribution in [0.1, 0.15) is 28.4 Å². The average molecular weight is 560 g/mol. The fourth-order valence-electron chi connectivity index (χ4n) is 4.34. The number of rotatable bonds is 9. The summed E-state index contributed by atoms with van der Waals surface area (Å²) in [6.45, 7) is 1.83. The number of nitrogens with zero attached hydrogens (tertiary/aromatic N) is 3. The second-order valence-electron chi connectivity index (χ2n) is 9.12. The molecule has 3 aromatic rings. The molecule has 1 aliphatic heterocycles. The van der Waals surface area contributed by atoms with Gasteiger partial charge in [-0.25, -0.2) is 8.42 Å². The molecule has 1 atom stereocenters. The van der Waals surface area contributed by atoms with E-state index in [0.717, 1.165) is 23.3 Å². The first-order valence-electron chi connectivity index (χ1n) is 12.2. The number of sulfonamides is 1. The molecule has 39 heavy (non-hydrogen) atoms. The van der Waals surface area contributed by atoms with Crippen LogP contribution < -0.4 is 4.74 Å². The van der Waals surface area contributed by atoms with E-state index in [9.17, 15) is 21.6 Å². The van der Waals surface area contributed by atoms with Gasteiger partial charge >= 0.3 is 6.18 Å². The normalized spacial score (nSPS) is 16.0. The number of hydrogen-bond acceptors (Lipinski definition) is 6. The van der Waals surface area contributed by atoms with Crippen LogP contribution in [-0.4, -0.2) is 57.5 Å². The molecule has 0 saturated carbocycles. The minimum absolute atomic E-state index is 0.138. The molecule has 7 nitrogen and oxygen atoms in total. The zero-order valence-electron chi connectivity index (χ0n) is 21.3. The number of nitriles is 1. The van der Waals surface area contributed by atoms with Crippen molar-refractivity contribution in [1.82, 2.24) is 9.21 Å². The molecule has 1 aliphatic rings. The summed E-state index contributed by atoms with van der Waals surface area (Å²) in [4.78, 5) is 1.70. The SMILES string of the molecule is COc1cccc([C@H](CN2CCN(S(=O)(=O)c3cccc(C(F)(F)F)c3)CC2)OCc2ccc(C#N)cc2)c1. The predicted molar refractivity (Wildman–Crippen MR) is 138 cm³/mol. The Hall–Kier alpha value is -3.43. The van der Waals surface area contributed by atoms with Gasteiger partial charge < -0.3 is 9.47 Å². The Morgan fingerprint density at radius 3 is 2.31 bits per heavy atom. The highest BCUT2D eigenvalue weighted by atomic mass is 32.2. The van der Waals surface area contributed by atoms with Gasteiger partial charge in [-0.15, -0.1) is 0 Å². The van der Waals surface area contributed by atoms with Gasteiger partial charge in [0.25, 0.3) is 0 Å². The van der Waals surface area contributed by atoms with Crippen LogP contribution in [-0.2, 0) is 27.5 Å². The predicted octanol–water partition coefficient (Wildman–Crippen LogP) is 4.85. The molecule has 0 radical (unpaired) electrons. The van der Waals surface area contributed by atoms with Crippen molar-refractivity contribution in [2.45, 2.75) is 23.8 Å². The van der Waals surface area contributed by atoms with E-state index in [0.29, 0.717) is 43.6 Å². The van der Waals surface area contributed by atoms with Gasteiger partial charge in [0, 0.05) is 32.7 Å².